The van der Waals surface area contributed by atoms with E-state index in [4.69, 9.17) is 0 Å². The van der Waals surface area contributed by atoms with Crippen LogP contribution in [0.2, 0.25) is 6.82 Å². The highest BCUT2D eigenvalue weighted by molar-refractivity contribution is 6.51. The lowest BCUT2D eigenvalue weighted by Crippen LogP contribution is -2.27. The van der Waals surface area contributed by atoms with Crippen molar-refractivity contribution in [3.63, 3.8) is 0 Å². The maximum absolute atomic E-state index is 14.3. The van der Waals surface area contributed by atoms with E-state index in [1.54, 1.807) is 20.2 Å². The van der Waals surface area contributed by atoms with Crippen LogP contribution in [0, 0.1) is 11.6 Å². The Hall–Kier alpha value is -2.64. The van der Waals surface area contributed by atoms with Gasteiger partial charge in [0.15, 0.2) is 0 Å². The van der Waals surface area contributed by atoms with Crippen molar-refractivity contribution in [1.29, 1.82) is 0 Å². The number of hydrogen-bond donors (Lipinski definition) is 2. The monoisotopic (exact) mass is 318 g/mol. The fourth-order valence-corrected chi connectivity index (χ4v) is 2.07. The lowest BCUT2D eigenvalue weighted by atomic mass is 9.73. The molecule has 2 aromatic rings. The van der Waals surface area contributed by atoms with E-state index in [9.17, 15) is 18.4 Å². The number of halogens is 2. The summed E-state index contributed by atoms with van der Waals surface area (Å²) in [5, 5.41) is 4.86. The van der Waals surface area contributed by atoms with Gasteiger partial charge in [-0.2, -0.15) is 4.39 Å². The van der Waals surface area contributed by atoms with Crippen molar-refractivity contribution in [3.8, 4) is 0 Å². The van der Waals surface area contributed by atoms with Gasteiger partial charge in [0.25, 0.3) is 11.5 Å². The highest BCUT2D eigenvalue weighted by Gasteiger charge is 2.20. The fraction of sp³-hybridized carbons (Fsp3) is 0.200. The van der Waals surface area contributed by atoms with Crippen molar-refractivity contribution in [2.75, 3.05) is 12.4 Å². The van der Waals surface area contributed by atoms with Gasteiger partial charge in [-0.1, -0.05) is 18.4 Å². The Morgan fingerprint density at radius 2 is 2.00 bits per heavy atom. The van der Waals surface area contributed by atoms with Crippen molar-refractivity contribution in [3.05, 3.63) is 51.9 Å². The van der Waals surface area contributed by atoms with Crippen molar-refractivity contribution >= 4 is 30.0 Å². The van der Waals surface area contributed by atoms with Crippen molar-refractivity contribution < 1.29 is 13.6 Å². The summed E-state index contributed by atoms with van der Waals surface area (Å²) < 4.78 is 29.3. The van der Waals surface area contributed by atoms with Gasteiger partial charge in [0.05, 0.1) is 16.9 Å². The highest BCUT2D eigenvalue weighted by atomic mass is 19.1. The topological polar surface area (TPSA) is 63.1 Å². The Bertz CT molecular complexity index is 821. The molecule has 5 nitrogen and oxygen atoms in total. The third-order valence-corrected chi connectivity index (χ3v) is 3.38. The predicted molar refractivity (Wildman–Crippen MR) is 86.0 cm³/mol. The molecule has 0 spiro atoms. The van der Waals surface area contributed by atoms with Crippen molar-refractivity contribution in [2.24, 2.45) is 7.05 Å². The number of anilines is 2. The molecular weight excluding hydrogens is 303 g/mol. The van der Waals surface area contributed by atoms with E-state index in [2.05, 4.69) is 10.6 Å². The number of aryl methyl sites for hydroxylation is 1. The van der Waals surface area contributed by atoms with Crippen LogP contribution in [0.5, 0.6) is 0 Å². The van der Waals surface area contributed by atoms with Gasteiger partial charge >= 0.3 is 0 Å². The number of rotatable bonds is 4. The first-order valence-electron chi connectivity index (χ1n) is 6.86. The highest BCUT2D eigenvalue weighted by Crippen LogP contribution is 2.24. The van der Waals surface area contributed by atoms with Crippen molar-refractivity contribution in [1.82, 2.24) is 9.88 Å². The maximum Gasteiger partial charge on any atom is 0.288 e. The van der Waals surface area contributed by atoms with E-state index >= 15 is 0 Å². The van der Waals surface area contributed by atoms with E-state index in [1.165, 1.54) is 32.4 Å². The van der Waals surface area contributed by atoms with Crippen LogP contribution in [0.15, 0.2) is 29.2 Å². The number of pyridine rings is 1. The van der Waals surface area contributed by atoms with Gasteiger partial charge in [0.1, 0.15) is 13.1 Å². The first-order valence-corrected chi connectivity index (χ1v) is 6.86. The summed E-state index contributed by atoms with van der Waals surface area (Å²) in [6.07, 6.45) is 1.19. The fourth-order valence-electron chi connectivity index (χ4n) is 2.07. The smallest absolute Gasteiger partial charge is 0.288 e. The molecule has 23 heavy (non-hydrogen) atoms. The molecule has 0 atom stereocenters. The summed E-state index contributed by atoms with van der Waals surface area (Å²) in [5.74, 6) is -2.37. The SMILES string of the molecule is C[B]c1ccc(Nc2c(C(=O)NC)cn(C)c(=O)c2F)c(F)c1. The van der Waals surface area contributed by atoms with Gasteiger partial charge < -0.3 is 15.2 Å². The van der Waals surface area contributed by atoms with Crippen LogP contribution >= 0.6 is 0 Å². The second-order valence-corrected chi connectivity index (χ2v) is 4.88. The number of benzene rings is 1. The first-order chi connectivity index (χ1) is 10.9. The van der Waals surface area contributed by atoms with E-state index in [0.717, 1.165) is 4.57 Å². The third kappa shape index (κ3) is 3.25. The van der Waals surface area contributed by atoms with Gasteiger partial charge in [-0.15, -0.1) is 0 Å². The van der Waals surface area contributed by atoms with Crippen LogP contribution in [0.1, 0.15) is 10.4 Å². The summed E-state index contributed by atoms with van der Waals surface area (Å²) in [4.78, 5) is 23.6. The van der Waals surface area contributed by atoms with E-state index < -0.39 is 23.1 Å². The Morgan fingerprint density at radius 1 is 1.30 bits per heavy atom. The summed E-state index contributed by atoms with van der Waals surface area (Å²) in [5.41, 5.74) is -0.756. The number of nitrogens with zero attached hydrogens (tertiary/aromatic N) is 1. The van der Waals surface area contributed by atoms with Crippen LogP contribution in [0.4, 0.5) is 20.2 Å². The van der Waals surface area contributed by atoms with Gasteiger partial charge in [-0.05, 0) is 12.1 Å². The Kier molecular flexibility index (Phi) is 4.83. The zero-order chi connectivity index (χ0) is 17.1. The minimum Gasteiger partial charge on any atom is -0.355 e. The Labute approximate surface area is 132 Å². The van der Waals surface area contributed by atoms with E-state index in [1.807, 2.05) is 0 Å². The summed E-state index contributed by atoms with van der Waals surface area (Å²) in [6, 6.07) is 4.31. The molecule has 0 aliphatic heterocycles. The Morgan fingerprint density at radius 3 is 2.57 bits per heavy atom. The molecule has 0 aliphatic carbocycles. The second-order valence-electron chi connectivity index (χ2n) is 4.88. The van der Waals surface area contributed by atoms with Gasteiger partial charge in [-0.25, -0.2) is 4.39 Å². The standard InChI is InChI=1S/C15H15BF2N3O2/c1-16-8-4-5-11(10(17)6-8)20-13-9(14(22)19-2)7-21(3)15(23)12(13)18/h4-7,20H,1-3H3,(H,19,22). The summed E-state index contributed by atoms with van der Waals surface area (Å²) >= 11 is 0. The Balaban J connectivity index is 2.57. The van der Waals surface area contributed by atoms with E-state index in [-0.39, 0.29) is 16.9 Å². The average molecular weight is 318 g/mol. The van der Waals surface area contributed by atoms with Gasteiger partial charge in [-0.3, -0.25) is 9.59 Å². The van der Waals surface area contributed by atoms with Gasteiger partial charge in [0, 0.05) is 20.3 Å². The number of hydrogen-bond acceptors (Lipinski definition) is 3. The summed E-state index contributed by atoms with van der Waals surface area (Å²) in [7, 11) is 4.41. The number of carbonyl (C=O) groups is 1. The number of carbonyl (C=O) groups excluding carboxylic acids is 1. The average Bonchev–Trinajstić information content (AvgIpc) is 2.55. The number of nitrogens with one attached hydrogen (secondary N) is 2. The van der Waals surface area contributed by atoms with Crippen LogP contribution < -0.4 is 21.7 Å². The third-order valence-electron chi connectivity index (χ3n) is 3.38. The largest absolute Gasteiger partial charge is 0.355 e. The second kappa shape index (κ2) is 6.64. The molecule has 0 saturated carbocycles. The molecule has 0 fully saturated rings. The molecule has 2 N–H and O–H groups in total. The van der Waals surface area contributed by atoms with Crippen molar-refractivity contribution in [2.45, 2.75) is 6.82 Å². The molecule has 8 heteroatoms. The zero-order valence-electron chi connectivity index (χ0n) is 12.9. The normalized spacial score (nSPS) is 10.3. The number of amides is 1. The molecule has 1 heterocycles. The maximum atomic E-state index is 14.3. The molecule has 1 aromatic heterocycles. The molecule has 0 aliphatic rings. The quantitative estimate of drug-likeness (QED) is 0.831. The minimum absolute atomic E-state index is 0.0343. The molecule has 1 radical (unpaired) electrons. The molecule has 0 saturated heterocycles. The van der Waals surface area contributed by atoms with E-state index in [0.29, 0.717) is 5.46 Å². The van der Waals surface area contributed by atoms with Crippen LogP contribution in [-0.2, 0) is 7.05 Å². The molecule has 0 unspecified atom stereocenters. The zero-order valence-corrected chi connectivity index (χ0v) is 12.9. The molecule has 1 amide bonds. The molecule has 1 aromatic carbocycles. The molecule has 119 valence electrons. The van der Waals surface area contributed by atoms with Crippen LogP contribution in [0.3, 0.4) is 0 Å². The van der Waals surface area contributed by atoms with Gasteiger partial charge in [0.2, 0.25) is 5.82 Å². The lowest BCUT2D eigenvalue weighted by molar-refractivity contribution is 0.0962. The molecule has 0 bridgehead atoms. The van der Waals surface area contributed by atoms with Crippen LogP contribution in [-0.4, -0.2) is 24.8 Å². The van der Waals surface area contributed by atoms with Crippen LogP contribution in [0.25, 0.3) is 0 Å². The molecular formula is C15H15BF2N3O2. The minimum atomic E-state index is -1.15. The first kappa shape index (κ1) is 16.7. The predicted octanol–water partition coefficient (Wildman–Crippen LogP) is 1.14. The molecule has 2 rings (SSSR count). The number of aromatic nitrogens is 1. The summed E-state index contributed by atoms with van der Waals surface area (Å²) in [6.45, 7) is 1.76. The lowest BCUT2D eigenvalue weighted by Gasteiger charge is -2.14.